The van der Waals surface area contributed by atoms with E-state index < -0.39 is 5.69 Å². The first kappa shape index (κ1) is 21.8. The van der Waals surface area contributed by atoms with Crippen molar-refractivity contribution in [2.24, 2.45) is 4.99 Å². The van der Waals surface area contributed by atoms with Gasteiger partial charge in [-0.2, -0.15) is 24.8 Å². The molecule has 0 unspecified atom stereocenters. The Bertz CT molecular complexity index is 1640. The number of anilines is 2. The molecule has 13 nitrogen and oxygen atoms in total. The Kier molecular flexibility index (Phi) is 5.33. The summed E-state index contributed by atoms with van der Waals surface area (Å²) in [5.74, 6) is 1.14. The number of aromatic nitrogens is 7. The van der Waals surface area contributed by atoms with Crippen LogP contribution in [0.4, 0.5) is 11.8 Å². The third kappa shape index (κ3) is 4.24. The van der Waals surface area contributed by atoms with Gasteiger partial charge in [0.25, 0.3) is 5.62 Å². The second-order valence-corrected chi connectivity index (χ2v) is 8.85. The minimum atomic E-state index is -0.499. The molecule has 0 radical (unpaired) electrons. The van der Waals surface area contributed by atoms with Crippen LogP contribution in [0.3, 0.4) is 0 Å². The van der Waals surface area contributed by atoms with Crippen LogP contribution in [0, 0.1) is 11.3 Å². The second-order valence-electron chi connectivity index (χ2n) is 8.85. The van der Waals surface area contributed by atoms with Crippen LogP contribution in [-0.2, 0) is 0 Å². The first-order valence-electron chi connectivity index (χ1n) is 11.8. The largest absolute Gasteiger partial charge is 0.493 e. The zero-order chi connectivity index (χ0) is 24.6. The van der Waals surface area contributed by atoms with Gasteiger partial charge < -0.3 is 19.9 Å². The highest BCUT2D eigenvalue weighted by atomic mass is 16.3. The summed E-state index contributed by atoms with van der Waals surface area (Å²) in [5.41, 5.74) is 1.31. The van der Waals surface area contributed by atoms with E-state index in [0.717, 1.165) is 44.7 Å². The van der Waals surface area contributed by atoms with E-state index in [2.05, 4.69) is 35.9 Å². The Balaban J connectivity index is 1.36. The summed E-state index contributed by atoms with van der Waals surface area (Å²) >= 11 is 0. The van der Waals surface area contributed by atoms with Crippen molar-refractivity contribution in [1.29, 1.82) is 5.26 Å². The zero-order valence-corrected chi connectivity index (χ0v) is 19.3. The maximum absolute atomic E-state index is 11.6. The van der Waals surface area contributed by atoms with E-state index in [1.807, 2.05) is 6.07 Å². The van der Waals surface area contributed by atoms with Crippen LogP contribution in [0.25, 0.3) is 11.7 Å². The number of rotatable bonds is 4. The fourth-order valence-electron chi connectivity index (χ4n) is 4.20. The van der Waals surface area contributed by atoms with Crippen molar-refractivity contribution in [2.45, 2.75) is 25.3 Å². The number of H-pyrrole nitrogens is 2. The fourth-order valence-corrected chi connectivity index (χ4v) is 4.20. The summed E-state index contributed by atoms with van der Waals surface area (Å²) in [7, 11) is 0. The number of hydrogen-bond donors (Lipinski definition) is 3. The first-order chi connectivity index (χ1) is 17.6. The van der Waals surface area contributed by atoms with Gasteiger partial charge in [-0.05, 0) is 37.5 Å². The van der Waals surface area contributed by atoms with E-state index in [-0.39, 0.29) is 17.6 Å². The number of pyridine rings is 1. The maximum Gasteiger partial charge on any atom is 0.326 e. The zero-order valence-electron chi connectivity index (χ0n) is 19.3. The Morgan fingerprint density at radius 1 is 1.11 bits per heavy atom. The van der Waals surface area contributed by atoms with E-state index >= 15 is 0 Å². The molecule has 1 saturated heterocycles. The van der Waals surface area contributed by atoms with Gasteiger partial charge in [-0.15, -0.1) is 0 Å². The summed E-state index contributed by atoms with van der Waals surface area (Å²) in [6.45, 7) is 2.98. The standard InChI is InChI=1S/C23H23N11O2/c24-11-14-2-5-18(25-12-14)32-6-1-7-33(9-8-32)21-29-19-15(10-17-20(35)30-23(36)28-17)13-26-34(19)22(31-21)27-16-3-4-16/h2,5,10,12-13,16,35H,1,3-4,6-9H2,(H2,28,30,36). The van der Waals surface area contributed by atoms with Crippen LogP contribution in [0.1, 0.15) is 30.5 Å². The molecule has 13 heteroatoms. The molecule has 3 N–H and O–H groups in total. The molecule has 182 valence electrons. The number of aromatic amines is 2. The summed E-state index contributed by atoms with van der Waals surface area (Å²) in [6.07, 6.45) is 7.75. The Morgan fingerprint density at radius 3 is 2.67 bits per heavy atom. The van der Waals surface area contributed by atoms with Gasteiger partial charge in [-0.25, -0.2) is 14.8 Å². The van der Waals surface area contributed by atoms with Crippen molar-refractivity contribution in [3.05, 3.63) is 57.1 Å². The predicted octanol–water partition coefficient (Wildman–Crippen LogP) is -0.560. The molecular formula is C23H23N11O2. The van der Waals surface area contributed by atoms with Gasteiger partial charge >= 0.3 is 5.69 Å². The van der Waals surface area contributed by atoms with Gasteiger partial charge in [-0.1, -0.05) is 0 Å². The third-order valence-corrected chi connectivity index (χ3v) is 6.23. The molecule has 4 aromatic rings. The third-order valence-electron chi connectivity index (χ3n) is 6.23. The summed E-state index contributed by atoms with van der Waals surface area (Å²) in [4.78, 5) is 39.5. The van der Waals surface area contributed by atoms with Gasteiger partial charge in [0.2, 0.25) is 11.8 Å². The monoisotopic (exact) mass is 485 g/mol. The van der Waals surface area contributed by atoms with E-state index in [4.69, 9.17) is 20.2 Å². The molecule has 1 saturated carbocycles. The van der Waals surface area contributed by atoms with E-state index in [1.54, 1.807) is 29.1 Å². The highest BCUT2D eigenvalue weighted by Gasteiger charge is 2.23. The number of nitriles is 1. The average Bonchev–Trinajstić information content (AvgIpc) is 3.59. The molecule has 0 bridgehead atoms. The van der Waals surface area contributed by atoms with Crippen LogP contribution >= 0.6 is 0 Å². The number of hydrogen-bond acceptors (Lipinski definition) is 10. The van der Waals surface area contributed by atoms with Crippen LogP contribution in [-0.4, -0.2) is 71.9 Å². The van der Waals surface area contributed by atoms with Crippen molar-refractivity contribution in [1.82, 2.24) is 34.5 Å². The molecule has 36 heavy (non-hydrogen) atoms. The minimum Gasteiger partial charge on any atom is -0.493 e. The molecule has 0 amide bonds. The van der Waals surface area contributed by atoms with Crippen LogP contribution < -0.4 is 26.3 Å². The summed E-state index contributed by atoms with van der Waals surface area (Å²) in [6, 6.07) is 5.99. The minimum absolute atomic E-state index is 0.236. The van der Waals surface area contributed by atoms with Crippen molar-refractivity contribution >= 4 is 23.5 Å². The van der Waals surface area contributed by atoms with Gasteiger partial charge in [0.1, 0.15) is 17.6 Å². The highest BCUT2D eigenvalue weighted by molar-refractivity contribution is 5.57. The lowest BCUT2D eigenvalue weighted by Crippen LogP contribution is -2.34. The smallest absolute Gasteiger partial charge is 0.326 e. The van der Waals surface area contributed by atoms with Crippen LogP contribution in [0.2, 0.25) is 0 Å². The van der Waals surface area contributed by atoms with Crippen molar-refractivity contribution < 1.29 is 5.11 Å². The number of nitrogens with one attached hydrogen (secondary N) is 2. The highest BCUT2D eigenvalue weighted by Crippen LogP contribution is 2.22. The average molecular weight is 486 g/mol. The Labute approximate surface area is 204 Å². The van der Waals surface area contributed by atoms with Crippen LogP contribution in [0.15, 0.2) is 34.3 Å². The fraction of sp³-hybridized carbons (Fsp3) is 0.348. The van der Waals surface area contributed by atoms with E-state index in [0.29, 0.717) is 34.5 Å². The molecule has 1 aliphatic carbocycles. The molecular weight excluding hydrogens is 462 g/mol. The first-order valence-corrected chi connectivity index (χ1v) is 11.8. The molecule has 2 aliphatic rings. The van der Waals surface area contributed by atoms with E-state index in [9.17, 15) is 9.90 Å². The van der Waals surface area contributed by atoms with Gasteiger partial charge in [0, 0.05) is 37.6 Å². The topological polar surface area (TPSA) is 167 Å². The predicted molar refractivity (Wildman–Crippen MR) is 129 cm³/mol. The molecule has 0 aromatic carbocycles. The number of imidazole rings is 1. The molecule has 0 atom stereocenters. The Hall–Kier alpha value is -4.73. The lowest BCUT2D eigenvalue weighted by Gasteiger charge is -2.22. The molecule has 5 heterocycles. The molecule has 6 rings (SSSR count). The van der Waals surface area contributed by atoms with E-state index in [1.165, 1.54) is 0 Å². The van der Waals surface area contributed by atoms with Gasteiger partial charge in [0.05, 0.1) is 17.8 Å². The second kappa shape index (κ2) is 8.81. The summed E-state index contributed by atoms with van der Waals surface area (Å²) in [5, 5.41) is 24.1. The van der Waals surface area contributed by atoms with Gasteiger partial charge in [0.15, 0.2) is 5.65 Å². The van der Waals surface area contributed by atoms with Crippen molar-refractivity contribution in [2.75, 3.05) is 36.0 Å². The molecule has 4 aromatic heterocycles. The molecule has 2 fully saturated rings. The lowest BCUT2D eigenvalue weighted by atomic mass is 10.3. The summed E-state index contributed by atoms with van der Waals surface area (Å²) < 4.78 is 1.60. The van der Waals surface area contributed by atoms with Crippen LogP contribution in [0.5, 0.6) is 5.88 Å². The molecule has 0 spiro atoms. The lowest BCUT2D eigenvalue weighted by molar-refractivity contribution is 0.454. The van der Waals surface area contributed by atoms with Gasteiger partial charge in [-0.3, -0.25) is 4.98 Å². The SMILES string of the molecule is N#Cc1ccc(N2CCCN(c3nc(=NC4CC4)n4ncc(=Cc5[nH]c(=O)[nH]c5O)c4n3)CC2)nc1. The Morgan fingerprint density at radius 2 is 1.94 bits per heavy atom. The number of aromatic hydroxyl groups is 1. The van der Waals surface area contributed by atoms with Crippen molar-refractivity contribution in [3.63, 3.8) is 0 Å². The van der Waals surface area contributed by atoms with Crippen molar-refractivity contribution in [3.8, 4) is 11.9 Å². The normalized spacial score (nSPS) is 17.5. The number of fused-ring (bicyclic) bond motifs is 1. The quantitative estimate of drug-likeness (QED) is 0.343. The molecule has 1 aliphatic heterocycles. The maximum atomic E-state index is 11.6. The number of nitrogens with zero attached hydrogens (tertiary/aromatic N) is 9.